The normalized spacial score (nSPS) is 14.0. The number of hydrogen-bond donors (Lipinski definition) is 0. The summed E-state index contributed by atoms with van der Waals surface area (Å²) in [5.74, 6) is 0.859. The first-order valence-corrected chi connectivity index (χ1v) is 6.89. The zero-order chi connectivity index (χ0) is 14.7. The fraction of sp³-hybridized carbons (Fsp3) is 0.429. The molecule has 1 aliphatic carbocycles. The lowest BCUT2D eigenvalue weighted by Crippen LogP contribution is -2.35. The van der Waals surface area contributed by atoms with Crippen molar-refractivity contribution in [2.75, 3.05) is 7.11 Å². The van der Waals surface area contributed by atoms with Gasteiger partial charge in [0.1, 0.15) is 18.6 Å². The number of rotatable bonds is 6. The molecule has 7 heteroatoms. The van der Waals surface area contributed by atoms with Gasteiger partial charge in [0.25, 0.3) is 0 Å². The van der Waals surface area contributed by atoms with Gasteiger partial charge in [-0.15, -0.1) is 5.10 Å². The van der Waals surface area contributed by atoms with E-state index in [-0.39, 0.29) is 12.5 Å². The third-order valence-electron chi connectivity index (χ3n) is 3.51. The van der Waals surface area contributed by atoms with Crippen molar-refractivity contribution in [1.82, 2.24) is 25.1 Å². The van der Waals surface area contributed by atoms with Crippen molar-refractivity contribution >= 4 is 5.91 Å². The van der Waals surface area contributed by atoms with Crippen LogP contribution in [0.2, 0.25) is 0 Å². The number of ether oxygens (including phenoxy) is 1. The largest absolute Gasteiger partial charge is 0.497 e. The Kier molecular flexibility index (Phi) is 3.81. The summed E-state index contributed by atoms with van der Waals surface area (Å²) in [6.07, 6.45) is 3.59. The van der Waals surface area contributed by atoms with E-state index in [1.807, 2.05) is 29.2 Å². The Morgan fingerprint density at radius 1 is 1.38 bits per heavy atom. The number of methoxy groups -OCH3 is 1. The fourth-order valence-electron chi connectivity index (χ4n) is 2.22. The topological polar surface area (TPSA) is 73.1 Å². The maximum atomic E-state index is 12.4. The summed E-state index contributed by atoms with van der Waals surface area (Å²) in [5, 5.41) is 10.8. The van der Waals surface area contributed by atoms with Crippen molar-refractivity contribution in [3.05, 3.63) is 36.2 Å². The Morgan fingerprint density at radius 2 is 2.14 bits per heavy atom. The molecule has 1 aromatic heterocycles. The van der Waals surface area contributed by atoms with E-state index in [1.165, 1.54) is 11.0 Å². The zero-order valence-corrected chi connectivity index (χ0v) is 11.8. The van der Waals surface area contributed by atoms with Gasteiger partial charge in [-0.1, -0.05) is 12.1 Å². The molecule has 1 heterocycles. The molecule has 0 spiro atoms. The molecule has 1 aromatic carbocycles. The van der Waals surface area contributed by atoms with E-state index in [9.17, 15) is 4.79 Å². The third-order valence-corrected chi connectivity index (χ3v) is 3.51. The lowest BCUT2D eigenvalue weighted by molar-refractivity contribution is -0.133. The van der Waals surface area contributed by atoms with Crippen LogP contribution in [0.15, 0.2) is 30.6 Å². The second-order valence-corrected chi connectivity index (χ2v) is 5.11. The number of benzene rings is 1. The molecule has 0 atom stereocenters. The highest BCUT2D eigenvalue weighted by atomic mass is 16.5. The van der Waals surface area contributed by atoms with Crippen LogP contribution in [0.3, 0.4) is 0 Å². The van der Waals surface area contributed by atoms with Crippen molar-refractivity contribution < 1.29 is 9.53 Å². The van der Waals surface area contributed by atoms with Crippen LogP contribution in [0.4, 0.5) is 0 Å². The van der Waals surface area contributed by atoms with E-state index in [2.05, 4.69) is 15.5 Å². The van der Waals surface area contributed by atoms with E-state index >= 15 is 0 Å². The van der Waals surface area contributed by atoms with E-state index in [0.29, 0.717) is 12.6 Å². The van der Waals surface area contributed by atoms with Gasteiger partial charge in [0.2, 0.25) is 5.91 Å². The minimum Gasteiger partial charge on any atom is -0.497 e. The van der Waals surface area contributed by atoms with Crippen LogP contribution in [0.25, 0.3) is 0 Å². The van der Waals surface area contributed by atoms with Crippen LogP contribution < -0.4 is 4.74 Å². The monoisotopic (exact) mass is 287 g/mol. The molecule has 1 saturated carbocycles. The molecule has 21 heavy (non-hydrogen) atoms. The molecule has 3 rings (SSSR count). The first kappa shape index (κ1) is 13.5. The van der Waals surface area contributed by atoms with E-state index in [1.54, 1.807) is 7.11 Å². The second-order valence-electron chi connectivity index (χ2n) is 5.11. The van der Waals surface area contributed by atoms with Gasteiger partial charge in [-0.3, -0.25) is 4.79 Å². The molecule has 1 amide bonds. The first-order chi connectivity index (χ1) is 10.3. The maximum Gasteiger partial charge on any atom is 0.244 e. The molecule has 0 saturated heterocycles. The number of tetrazole rings is 1. The molecule has 7 nitrogen and oxygen atoms in total. The number of carbonyl (C=O) groups excluding carboxylic acids is 1. The average molecular weight is 287 g/mol. The second kappa shape index (κ2) is 5.90. The minimum absolute atomic E-state index is 0.0422. The van der Waals surface area contributed by atoms with Gasteiger partial charge in [0.05, 0.1) is 7.11 Å². The lowest BCUT2D eigenvalue weighted by Gasteiger charge is -2.22. The minimum atomic E-state index is 0.0422. The summed E-state index contributed by atoms with van der Waals surface area (Å²) in [7, 11) is 1.64. The molecule has 0 radical (unpaired) electrons. The van der Waals surface area contributed by atoms with E-state index < -0.39 is 0 Å². The van der Waals surface area contributed by atoms with Crippen molar-refractivity contribution in [1.29, 1.82) is 0 Å². The molecule has 0 N–H and O–H groups in total. The number of aromatic nitrogens is 4. The highest BCUT2D eigenvalue weighted by Crippen LogP contribution is 2.29. The predicted molar refractivity (Wildman–Crippen MR) is 74.4 cm³/mol. The Labute approximate surface area is 122 Å². The molecule has 1 fully saturated rings. The SMILES string of the molecule is COc1ccc(CN(C(=O)Cn2cnnn2)C2CC2)cc1. The molecular formula is C14H17N5O2. The quantitative estimate of drug-likeness (QED) is 0.788. The van der Waals surface area contributed by atoms with Crippen molar-refractivity contribution in [3.63, 3.8) is 0 Å². The van der Waals surface area contributed by atoms with Gasteiger partial charge >= 0.3 is 0 Å². The van der Waals surface area contributed by atoms with Crippen LogP contribution >= 0.6 is 0 Å². The Balaban J connectivity index is 1.67. The Bertz CT molecular complexity index is 592. The molecule has 1 aliphatic rings. The van der Waals surface area contributed by atoms with Crippen LogP contribution in [-0.2, 0) is 17.9 Å². The third kappa shape index (κ3) is 3.36. The van der Waals surface area contributed by atoms with Gasteiger partial charge in [-0.05, 0) is 41.0 Å². The van der Waals surface area contributed by atoms with Gasteiger partial charge in [0, 0.05) is 12.6 Å². The first-order valence-electron chi connectivity index (χ1n) is 6.89. The summed E-state index contributed by atoms with van der Waals surface area (Å²) in [4.78, 5) is 14.3. The molecule has 0 bridgehead atoms. The van der Waals surface area contributed by atoms with E-state index in [4.69, 9.17) is 4.74 Å². The molecule has 0 aliphatic heterocycles. The zero-order valence-electron chi connectivity index (χ0n) is 11.8. The summed E-state index contributed by atoms with van der Waals surface area (Å²) >= 11 is 0. The van der Waals surface area contributed by atoms with Gasteiger partial charge < -0.3 is 9.64 Å². The van der Waals surface area contributed by atoms with Crippen molar-refractivity contribution in [2.45, 2.75) is 32.0 Å². The van der Waals surface area contributed by atoms with Crippen molar-refractivity contribution in [3.8, 4) is 5.75 Å². The maximum absolute atomic E-state index is 12.4. The van der Waals surface area contributed by atoms with E-state index in [0.717, 1.165) is 24.2 Å². The van der Waals surface area contributed by atoms with Crippen LogP contribution in [0.5, 0.6) is 5.75 Å². The Morgan fingerprint density at radius 3 is 2.71 bits per heavy atom. The average Bonchev–Trinajstić information content (AvgIpc) is 3.22. The van der Waals surface area contributed by atoms with Crippen molar-refractivity contribution in [2.24, 2.45) is 0 Å². The van der Waals surface area contributed by atoms with Crippen LogP contribution in [0, 0.1) is 0 Å². The molecular weight excluding hydrogens is 270 g/mol. The van der Waals surface area contributed by atoms with Crippen LogP contribution in [0.1, 0.15) is 18.4 Å². The highest BCUT2D eigenvalue weighted by molar-refractivity contribution is 5.76. The molecule has 110 valence electrons. The molecule has 0 unspecified atom stereocenters. The molecule has 2 aromatic rings. The number of carbonyl (C=O) groups is 1. The smallest absolute Gasteiger partial charge is 0.244 e. The standard InChI is InChI=1S/C14H17N5O2/c1-21-13-6-2-11(3-7-13)8-19(12-4-5-12)14(20)9-18-10-15-16-17-18/h2-3,6-7,10,12H,4-5,8-9H2,1H3. The van der Waals surface area contributed by atoms with Gasteiger partial charge in [-0.2, -0.15) is 0 Å². The Hall–Kier alpha value is -2.44. The van der Waals surface area contributed by atoms with Crippen LogP contribution in [-0.4, -0.2) is 44.2 Å². The summed E-state index contributed by atoms with van der Waals surface area (Å²) in [5.41, 5.74) is 1.09. The summed E-state index contributed by atoms with van der Waals surface area (Å²) < 4.78 is 6.60. The van der Waals surface area contributed by atoms with Gasteiger partial charge in [0.15, 0.2) is 0 Å². The predicted octanol–water partition coefficient (Wildman–Crippen LogP) is 0.873. The summed E-state index contributed by atoms with van der Waals surface area (Å²) in [6.45, 7) is 0.787. The number of nitrogens with zero attached hydrogens (tertiary/aromatic N) is 5. The highest BCUT2D eigenvalue weighted by Gasteiger charge is 2.32. The number of hydrogen-bond acceptors (Lipinski definition) is 5. The lowest BCUT2D eigenvalue weighted by atomic mass is 10.2. The fourth-order valence-corrected chi connectivity index (χ4v) is 2.22. The number of amides is 1. The van der Waals surface area contributed by atoms with Gasteiger partial charge in [-0.25, -0.2) is 4.68 Å². The summed E-state index contributed by atoms with van der Waals surface area (Å²) in [6, 6.07) is 8.13.